The molecule has 0 heterocycles. The maximum absolute atomic E-state index is 13.4. The minimum atomic E-state index is -2.12. The van der Waals surface area contributed by atoms with Crippen LogP contribution in [-0.2, 0) is 4.57 Å². The number of aliphatic hydroxyl groups excluding tert-OH is 1. The van der Waals surface area contributed by atoms with Crippen LogP contribution < -0.4 is 0 Å². The van der Waals surface area contributed by atoms with E-state index >= 15 is 0 Å². The van der Waals surface area contributed by atoms with Crippen molar-refractivity contribution in [2.24, 2.45) is 0 Å². The summed E-state index contributed by atoms with van der Waals surface area (Å²) in [5, 5.41) is 9.29. The quantitative estimate of drug-likeness (QED) is 0.774. The third kappa shape index (κ3) is 3.15. The van der Waals surface area contributed by atoms with Gasteiger partial charge in [-0.1, -0.05) is 38.5 Å². The Bertz CT molecular complexity index is 243. The molecular formula is C14H27O2P. The van der Waals surface area contributed by atoms with Crippen LogP contribution in [0.5, 0.6) is 0 Å². The Morgan fingerprint density at radius 2 is 1.24 bits per heavy atom. The summed E-state index contributed by atoms with van der Waals surface area (Å²) in [5.41, 5.74) is 0.901. The van der Waals surface area contributed by atoms with Gasteiger partial charge in [0.2, 0.25) is 0 Å². The van der Waals surface area contributed by atoms with Gasteiger partial charge in [0.15, 0.2) is 0 Å². The molecular weight excluding hydrogens is 231 g/mol. The molecule has 0 atom stereocenters. The van der Waals surface area contributed by atoms with Gasteiger partial charge in [-0.25, -0.2) is 0 Å². The van der Waals surface area contributed by atoms with E-state index in [-0.39, 0.29) is 6.61 Å². The average Bonchev–Trinajstić information content (AvgIpc) is 2.41. The van der Waals surface area contributed by atoms with Crippen LogP contribution >= 0.6 is 7.14 Å². The molecule has 0 spiro atoms. The highest BCUT2D eigenvalue weighted by Crippen LogP contribution is 2.62. The predicted molar refractivity (Wildman–Crippen MR) is 73.3 cm³/mol. The van der Waals surface area contributed by atoms with E-state index in [1.807, 2.05) is 0 Å². The molecule has 2 fully saturated rings. The first-order valence-corrected chi connectivity index (χ1v) is 9.49. The standard InChI is InChI=1S/C14H27O2P/c15-11-12-17(16,13-7-3-1-4-8-13)14-9-5-2-6-10-14/h13-15H,1-12H2. The van der Waals surface area contributed by atoms with Crippen molar-refractivity contribution in [3.8, 4) is 0 Å². The fourth-order valence-electron chi connectivity index (χ4n) is 3.86. The second kappa shape index (κ2) is 6.38. The molecule has 2 saturated carbocycles. The number of aliphatic hydroxyl groups is 1. The van der Waals surface area contributed by atoms with Crippen LogP contribution in [0.15, 0.2) is 0 Å². The Labute approximate surface area is 106 Å². The van der Waals surface area contributed by atoms with Crippen molar-refractivity contribution >= 4 is 7.14 Å². The first-order valence-electron chi connectivity index (χ1n) is 7.46. The van der Waals surface area contributed by atoms with Crippen molar-refractivity contribution in [3.63, 3.8) is 0 Å². The second-order valence-electron chi connectivity index (χ2n) is 5.89. The summed E-state index contributed by atoms with van der Waals surface area (Å²) in [6, 6.07) is 0. The lowest BCUT2D eigenvalue weighted by Gasteiger charge is -2.38. The van der Waals surface area contributed by atoms with Gasteiger partial charge in [-0.15, -0.1) is 0 Å². The predicted octanol–water partition coefficient (Wildman–Crippen LogP) is 4.01. The van der Waals surface area contributed by atoms with Crippen molar-refractivity contribution in [1.82, 2.24) is 0 Å². The largest absolute Gasteiger partial charge is 0.396 e. The fourth-order valence-corrected chi connectivity index (χ4v) is 7.97. The summed E-state index contributed by atoms with van der Waals surface area (Å²) in [6.45, 7) is 0.129. The summed E-state index contributed by atoms with van der Waals surface area (Å²) in [6.07, 6.45) is 12.9. The third-order valence-electron chi connectivity index (χ3n) is 4.84. The van der Waals surface area contributed by atoms with E-state index in [0.29, 0.717) is 17.5 Å². The Hall–Kier alpha value is 0.190. The molecule has 0 aliphatic heterocycles. The zero-order chi connectivity index (χ0) is 12.1. The molecule has 100 valence electrons. The lowest BCUT2D eigenvalue weighted by atomic mass is 9.99. The van der Waals surface area contributed by atoms with Gasteiger partial charge in [-0.05, 0) is 25.7 Å². The molecule has 2 aliphatic rings. The third-order valence-corrected chi connectivity index (χ3v) is 9.24. The Kier molecular flexibility index (Phi) is 5.11. The molecule has 2 nitrogen and oxygen atoms in total. The number of hydrogen-bond acceptors (Lipinski definition) is 2. The first kappa shape index (κ1) is 13.6. The van der Waals surface area contributed by atoms with Crippen molar-refractivity contribution in [3.05, 3.63) is 0 Å². The molecule has 0 unspecified atom stereocenters. The molecule has 0 amide bonds. The van der Waals surface area contributed by atoms with E-state index < -0.39 is 7.14 Å². The summed E-state index contributed by atoms with van der Waals surface area (Å²) < 4.78 is 13.4. The smallest absolute Gasteiger partial charge is 0.0958 e. The molecule has 0 aromatic heterocycles. The van der Waals surface area contributed by atoms with Gasteiger partial charge >= 0.3 is 0 Å². The van der Waals surface area contributed by atoms with E-state index in [1.54, 1.807) is 0 Å². The van der Waals surface area contributed by atoms with Gasteiger partial charge < -0.3 is 9.67 Å². The molecule has 0 aromatic carbocycles. The first-order chi connectivity index (χ1) is 8.27. The van der Waals surface area contributed by atoms with Crippen LogP contribution in [-0.4, -0.2) is 29.2 Å². The monoisotopic (exact) mass is 258 g/mol. The van der Waals surface area contributed by atoms with Crippen LogP contribution in [0.25, 0.3) is 0 Å². The topological polar surface area (TPSA) is 37.3 Å². The second-order valence-corrected chi connectivity index (χ2v) is 9.50. The normalized spacial score (nSPS) is 25.0. The zero-order valence-corrected chi connectivity index (χ0v) is 11.8. The minimum Gasteiger partial charge on any atom is -0.396 e. The minimum absolute atomic E-state index is 0.129. The van der Waals surface area contributed by atoms with Gasteiger partial charge in [0.25, 0.3) is 0 Å². The summed E-state index contributed by atoms with van der Waals surface area (Å²) in [7, 11) is -2.12. The van der Waals surface area contributed by atoms with Crippen molar-refractivity contribution in [1.29, 1.82) is 0 Å². The lowest BCUT2D eigenvalue weighted by Crippen LogP contribution is -2.26. The molecule has 0 saturated heterocycles. The highest BCUT2D eigenvalue weighted by atomic mass is 31.2. The molecule has 17 heavy (non-hydrogen) atoms. The fraction of sp³-hybridized carbons (Fsp3) is 1.00. The molecule has 1 N–H and O–H groups in total. The van der Waals surface area contributed by atoms with Crippen LogP contribution in [0.2, 0.25) is 0 Å². The van der Waals surface area contributed by atoms with E-state index in [4.69, 9.17) is 0 Å². The molecule has 0 aromatic rings. The Balaban J connectivity index is 2.08. The molecule has 2 rings (SSSR count). The van der Waals surface area contributed by atoms with Crippen LogP contribution in [0.3, 0.4) is 0 Å². The van der Waals surface area contributed by atoms with Crippen LogP contribution in [0, 0.1) is 0 Å². The van der Waals surface area contributed by atoms with Crippen LogP contribution in [0.1, 0.15) is 64.2 Å². The molecule has 2 aliphatic carbocycles. The van der Waals surface area contributed by atoms with Gasteiger partial charge in [0.1, 0.15) is 0 Å². The molecule has 0 bridgehead atoms. The summed E-state index contributed by atoms with van der Waals surface area (Å²) >= 11 is 0. The molecule has 0 radical (unpaired) electrons. The van der Waals surface area contributed by atoms with E-state index in [0.717, 1.165) is 25.7 Å². The average molecular weight is 258 g/mol. The lowest BCUT2D eigenvalue weighted by molar-refractivity contribution is 0.316. The maximum Gasteiger partial charge on any atom is 0.0958 e. The summed E-state index contributed by atoms with van der Waals surface area (Å²) in [5.74, 6) is 0. The highest BCUT2D eigenvalue weighted by molar-refractivity contribution is 7.65. The summed E-state index contributed by atoms with van der Waals surface area (Å²) in [4.78, 5) is 0. The van der Waals surface area contributed by atoms with Gasteiger partial charge in [0.05, 0.1) is 7.14 Å². The van der Waals surface area contributed by atoms with Gasteiger partial charge in [-0.2, -0.15) is 0 Å². The highest BCUT2D eigenvalue weighted by Gasteiger charge is 2.40. The maximum atomic E-state index is 13.4. The van der Waals surface area contributed by atoms with Crippen molar-refractivity contribution < 1.29 is 9.67 Å². The van der Waals surface area contributed by atoms with Crippen molar-refractivity contribution in [2.45, 2.75) is 75.5 Å². The van der Waals surface area contributed by atoms with Crippen molar-refractivity contribution in [2.75, 3.05) is 12.8 Å². The van der Waals surface area contributed by atoms with Gasteiger partial charge in [0, 0.05) is 24.1 Å². The van der Waals surface area contributed by atoms with Crippen LogP contribution in [0.4, 0.5) is 0 Å². The van der Waals surface area contributed by atoms with E-state index in [9.17, 15) is 9.67 Å². The van der Waals surface area contributed by atoms with E-state index in [2.05, 4.69) is 0 Å². The SMILES string of the molecule is O=P(CCO)(C1CCCCC1)C1CCCCC1. The zero-order valence-electron chi connectivity index (χ0n) is 10.9. The number of hydrogen-bond donors (Lipinski definition) is 1. The molecule has 3 heteroatoms. The van der Waals surface area contributed by atoms with Gasteiger partial charge in [-0.3, -0.25) is 0 Å². The Morgan fingerprint density at radius 1 is 0.824 bits per heavy atom. The Morgan fingerprint density at radius 3 is 1.59 bits per heavy atom. The van der Waals surface area contributed by atoms with E-state index in [1.165, 1.54) is 38.5 Å². The number of rotatable bonds is 4.